The molecule has 1 N–H and O–H groups in total. The van der Waals surface area contributed by atoms with Gasteiger partial charge in [0.05, 0.1) is 5.92 Å². The summed E-state index contributed by atoms with van der Waals surface area (Å²) in [4.78, 5) is 16.0. The summed E-state index contributed by atoms with van der Waals surface area (Å²) in [5, 5.41) is 3.33. The smallest absolute Gasteiger partial charge is 0.231 e. The maximum absolute atomic E-state index is 12.7. The van der Waals surface area contributed by atoms with Crippen molar-refractivity contribution in [2.24, 2.45) is 0 Å². The number of amides is 1. The molecule has 1 fully saturated rings. The van der Waals surface area contributed by atoms with Crippen LogP contribution >= 0.6 is 11.8 Å². The Labute approximate surface area is 112 Å². The van der Waals surface area contributed by atoms with Gasteiger partial charge in [0.1, 0.15) is 0 Å². The lowest BCUT2D eigenvalue weighted by atomic mass is 9.98. The van der Waals surface area contributed by atoms with E-state index in [1.54, 1.807) is 11.8 Å². The number of carbonyl (C=O) groups is 1. The fourth-order valence-electron chi connectivity index (χ4n) is 2.74. The van der Waals surface area contributed by atoms with Crippen molar-refractivity contribution >= 4 is 17.7 Å². The van der Waals surface area contributed by atoms with Gasteiger partial charge in [0.15, 0.2) is 0 Å². The average Bonchev–Trinajstić information content (AvgIpc) is 2.82. The van der Waals surface area contributed by atoms with E-state index in [1.807, 2.05) is 17.0 Å². The van der Waals surface area contributed by atoms with E-state index < -0.39 is 0 Å². The largest absolute Gasteiger partial charge is 0.337 e. The number of fused-ring (bicyclic) bond motifs is 1. The van der Waals surface area contributed by atoms with E-state index in [0.717, 1.165) is 25.4 Å². The molecule has 3 nitrogen and oxygen atoms in total. The molecule has 0 bridgehead atoms. The van der Waals surface area contributed by atoms with Crippen LogP contribution in [0.3, 0.4) is 0 Å². The standard InChI is InChI=1S/C14H18N2OS/c1-10-8-15-6-7-16(10)14(17)12-9-18-13-5-3-2-4-11(12)13/h2-5,10,12,15H,6-9H2,1H3/t10-,12?/m1/s1. The van der Waals surface area contributed by atoms with Gasteiger partial charge >= 0.3 is 0 Å². The summed E-state index contributed by atoms with van der Waals surface area (Å²) >= 11 is 1.81. The van der Waals surface area contributed by atoms with Gasteiger partial charge in [0.25, 0.3) is 0 Å². The fourth-order valence-corrected chi connectivity index (χ4v) is 3.96. The zero-order chi connectivity index (χ0) is 12.5. The van der Waals surface area contributed by atoms with Crippen molar-refractivity contribution in [2.75, 3.05) is 25.4 Å². The predicted molar refractivity (Wildman–Crippen MR) is 74.0 cm³/mol. The van der Waals surface area contributed by atoms with Crippen molar-refractivity contribution < 1.29 is 4.79 Å². The Hall–Kier alpha value is -1.00. The van der Waals surface area contributed by atoms with Crippen molar-refractivity contribution in [3.63, 3.8) is 0 Å². The van der Waals surface area contributed by atoms with Crippen LogP contribution < -0.4 is 5.32 Å². The lowest BCUT2D eigenvalue weighted by molar-refractivity contribution is -0.135. The summed E-state index contributed by atoms with van der Waals surface area (Å²) in [5.74, 6) is 1.27. The second-order valence-electron chi connectivity index (χ2n) is 4.99. The first-order valence-electron chi connectivity index (χ1n) is 6.50. The number of benzene rings is 1. The SMILES string of the molecule is C[C@@H]1CNCCN1C(=O)C1CSc2ccccc21. The number of carbonyl (C=O) groups excluding carboxylic acids is 1. The van der Waals surface area contributed by atoms with Crippen molar-refractivity contribution in [1.29, 1.82) is 0 Å². The average molecular weight is 262 g/mol. The first kappa shape index (κ1) is 12.1. The number of hydrogen-bond acceptors (Lipinski definition) is 3. The lowest BCUT2D eigenvalue weighted by Gasteiger charge is -2.35. The first-order chi connectivity index (χ1) is 8.77. The number of piperazine rings is 1. The molecular weight excluding hydrogens is 244 g/mol. The van der Waals surface area contributed by atoms with Crippen molar-refractivity contribution in [1.82, 2.24) is 10.2 Å². The van der Waals surface area contributed by atoms with Crippen LogP contribution in [0.5, 0.6) is 0 Å². The molecule has 2 heterocycles. The predicted octanol–water partition coefficient (Wildman–Crippen LogP) is 1.70. The van der Waals surface area contributed by atoms with Gasteiger partial charge in [0, 0.05) is 36.3 Å². The van der Waals surface area contributed by atoms with Crippen LogP contribution in [0.25, 0.3) is 0 Å². The maximum Gasteiger partial charge on any atom is 0.231 e. The van der Waals surface area contributed by atoms with Gasteiger partial charge < -0.3 is 10.2 Å². The third kappa shape index (κ3) is 2.04. The minimum Gasteiger partial charge on any atom is -0.337 e. The Bertz CT molecular complexity index is 463. The highest BCUT2D eigenvalue weighted by atomic mass is 32.2. The molecule has 0 aliphatic carbocycles. The quantitative estimate of drug-likeness (QED) is 0.836. The zero-order valence-electron chi connectivity index (χ0n) is 10.6. The molecule has 0 saturated carbocycles. The number of thioether (sulfide) groups is 1. The Morgan fingerprint density at radius 1 is 1.44 bits per heavy atom. The Kier molecular flexibility index (Phi) is 3.31. The van der Waals surface area contributed by atoms with E-state index >= 15 is 0 Å². The molecule has 1 aromatic rings. The highest BCUT2D eigenvalue weighted by Gasteiger charge is 2.34. The molecule has 0 radical (unpaired) electrons. The summed E-state index contributed by atoms with van der Waals surface area (Å²) in [6.07, 6.45) is 0. The van der Waals surface area contributed by atoms with Crippen LogP contribution in [-0.2, 0) is 4.79 Å². The topological polar surface area (TPSA) is 32.3 Å². The van der Waals surface area contributed by atoms with Crippen molar-refractivity contribution in [2.45, 2.75) is 23.8 Å². The van der Waals surface area contributed by atoms with Gasteiger partial charge in [-0.05, 0) is 18.6 Å². The van der Waals surface area contributed by atoms with Crippen molar-refractivity contribution in [3.8, 4) is 0 Å². The number of nitrogens with zero attached hydrogens (tertiary/aromatic N) is 1. The molecule has 3 rings (SSSR count). The van der Waals surface area contributed by atoms with Crippen molar-refractivity contribution in [3.05, 3.63) is 29.8 Å². The highest BCUT2D eigenvalue weighted by Crippen LogP contribution is 2.40. The van der Waals surface area contributed by atoms with E-state index in [2.05, 4.69) is 24.4 Å². The molecular formula is C14H18N2OS. The number of rotatable bonds is 1. The van der Waals surface area contributed by atoms with Gasteiger partial charge in [-0.2, -0.15) is 0 Å². The summed E-state index contributed by atoms with van der Waals surface area (Å²) in [6, 6.07) is 8.61. The van der Waals surface area contributed by atoms with Crippen LogP contribution in [0, 0.1) is 0 Å². The molecule has 2 atom stereocenters. The van der Waals surface area contributed by atoms with Crippen LogP contribution in [0.2, 0.25) is 0 Å². The van der Waals surface area contributed by atoms with E-state index in [4.69, 9.17) is 0 Å². The molecule has 1 saturated heterocycles. The Morgan fingerprint density at radius 2 is 2.28 bits per heavy atom. The second-order valence-corrected chi connectivity index (χ2v) is 6.05. The molecule has 2 aliphatic rings. The minimum atomic E-state index is 0.0618. The monoisotopic (exact) mass is 262 g/mol. The molecule has 0 spiro atoms. The molecule has 0 aromatic heterocycles. The molecule has 1 unspecified atom stereocenters. The summed E-state index contributed by atoms with van der Waals surface area (Å²) < 4.78 is 0. The molecule has 1 amide bonds. The van der Waals surface area contributed by atoms with E-state index in [9.17, 15) is 4.79 Å². The minimum absolute atomic E-state index is 0.0618. The normalized spacial score (nSPS) is 27.1. The number of hydrogen-bond donors (Lipinski definition) is 1. The van der Waals surface area contributed by atoms with Crippen LogP contribution in [0.1, 0.15) is 18.4 Å². The van der Waals surface area contributed by atoms with Crippen LogP contribution in [-0.4, -0.2) is 42.2 Å². The lowest BCUT2D eigenvalue weighted by Crippen LogP contribution is -2.53. The van der Waals surface area contributed by atoms with Gasteiger partial charge in [-0.3, -0.25) is 4.79 Å². The van der Waals surface area contributed by atoms with E-state index in [-0.39, 0.29) is 5.92 Å². The third-order valence-corrected chi connectivity index (χ3v) is 4.97. The highest BCUT2D eigenvalue weighted by molar-refractivity contribution is 7.99. The Morgan fingerprint density at radius 3 is 3.11 bits per heavy atom. The van der Waals surface area contributed by atoms with E-state index in [0.29, 0.717) is 11.9 Å². The first-order valence-corrected chi connectivity index (χ1v) is 7.49. The molecule has 1 aromatic carbocycles. The van der Waals surface area contributed by atoms with Gasteiger partial charge in [-0.15, -0.1) is 11.8 Å². The molecule has 4 heteroatoms. The van der Waals surface area contributed by atoms with Gasteiger partial charge in [-0.1, -0.05) is 18.2 Å². The maximum atomic E-state index is 12.7. The molecule has 2 aliphatic heterocycles. The molecule has 18 heavy (non-hydrogen) atoms. The molecule has 96 valence electrons. The van der Waals surface area contributed by atoms with E-state index in [1.165, 1.54) is 10.5 Å². The summed E-state index contributed by atoms with van der Waals surface area (Å²) in [6.45, 7) is 4.78. The second kappa shape index (κ2) is 4.94. The summed E-state index contributed by atoms with van der Waals surface area (Å²) in [7, 11) is 0. The number of nitrogens with one attached hydrogen (secondary N) is 1. The van der Waals surface area contributed by atoms with Crippen LogP contribution in [0.15, 0.2) is 29.2 Å². The van der Waals surface area contributed by atoms with Gasteiger partial charge in [-0.25, -0.2) is 0 Å². The van der Waals surface area contributed by atoms with Crippen LogP contribution in [0.4, 0.5) is 0 Å². The third-order valence-electron chi connectivity index (χ3n) is 3.78. The fraction of sp³-hybridized carbons (Fsp3) is 0.500. The Balaban J connectivity index is 1.82. The van der Waals surface area contributed by atoms with Gasteiger partial charge in [0.2, 0.25) is 5.91 Å². The summed E-state index contributed by atoms with van der Waals surface area (Å²) in [5.41, 5.74) is 1.22. The zero-order valence-corrected chi connectivity index (χ0v) is 11.4.